The number of para-hydroxylation sites is 2. The van der Waals surface area contributed by atoms with Gasteiger partial charge in [0, 0.05) is 12.1 Å². The third-order valence-electron chi connectivity index (χ3n) is 4.85. The van der Waals surface area contributed by atoms with Gasteiger partial charge in [0.1, 0.15) is 0 Å². The van der Waals surface area contributed by atoms with Gasteiger partial charge in [0.25, 0.3) is 5.91 Å². The minimum Gasteiger partial charge on any atom is -0.456 e. The van der Waals surface area contributed by atoms with Crippen LogP contribution in [0, 0.1) is 0 Å². The Kier molecular flexibility index (Phi) is 7.36. The SMILES string of the molecule is CC[C@H](C)c1ccccc1NC(=O)COC(=O)CCCc1nc2ccccc2s1. The Morgan fingerprint density at radius 1 is 1.14 bits per heavy atom. The summed E-state index contributed by atoms with van der Waals surface area (Å²) >= 11 is 1.65. The van der Waals surface area contributed by atoms with Crippen molar-refractivity contribution in [2.24, 2.45) is 0 Å². The number of nitrogens with zero attached hydrogens (tertiary/aromatic N) is 1. The molecule has 1 heterocycles. The second-order valence-electron chi connectivity index (χ2n) is 7.03. The first-order valence-corrected chi connectivity index (χ1v) is 10.8. The number of ether oxygens (including phenoxy) is 1. The van der Waals surface area contributed by atoms with E-state index >= 15 is 0 Å². The van der Waals surface area contributed by atoms with Gasteiger partial charge in [-0.3, -0.25) is 9.59 Å². The van der Waals surface area contributed by atoms with Crippen molar-refractivity contribution in [3.8, 4) is 0 Å². The zero-order chi connectivity index (χ0) is 20.6. The highest BCUT2D eigenvalue weighted by Gasteiger charge is 2.13. The number of aryl methyl sites for hydroxylation is 1. The molecule has 0 saturated carbocycles. The van der Waals surface area contributed by atoms with Gasteiger partial charge in [-0.05, 0) is 48.9 Å². The molecule has 1 N–H and O–H groups in total. The first-order valence-electron chi connectivity index (χ1n) is 9.95. The Balaban J connectivity index is 1.42. The molecule has 1 atom stereocenters. The summed E-state index contributed by atoms with van der Waals surface area (Å²) in [5.41, 5.74) is 2.86. The summed E-state index contributed by atoms with van der Waals surface area (Å²) in [5.74, 6) is -0.340. The molecule has 3 aromatic rings. The third kappa shape index (κ3) is 5.87. The van der Waals surface area contributed by atoms with Gasteiger partial charge in [-0.2, -0.15) is 0 Å². The van der Waals surface area contributed by atoms with Gasteiger partial charge in [-0.15, -0.1) is 11.3 Å². The molecule has 6 heteroatoms. The van der Waals surface area contributed by atoms with Gasteiger partial charge in [-0.1, -0.05) is 44.2 Å². The number of benzene rings is 2. The second kappa shape index (κ2) is 10.2. The molecule has 0 unspecified atom stereocenters. The maximum atomic E-state index is 12.2. The minimum atomic E-state index is -0.364. The maximum Gasteiger partial charge on any atom is 0.306 e. The van der Waals surface area contributed by atoms with Crippen LogP contribution in [-0.4, -0.2) is 23.5 Å². The molecule has 0 aliphatic rings. The van der Waals surface area contributed by atoms with Crippen molar-refractivity contribution in [3.05, 3.63) is 59.1 Å². The van der Waals surface area contributed by atoms with Crippen LogP contribution in [0.15, 0.2) is 48.5 Å². The number of fused-ring (bicyclic) bond motifs is 1. The number of carbonyl (C=O) groups excluding carboxylic acids is 2. The number of anilines is 1. The molecule has 3 rings (SSSR count). The molecule has 0 spiro atoms. The van der Waals surface area contributed by atoms with E-state index in [2.05, 4.69) is 24.1 Å². The molecule has 0 aliphatic carbocycles. The van der Waals surface area contributed by atoms with Crippen molar-refractivity contribution < 1.29 is 14.3 Å². The molecule has 0 radical (unpaired) electrons. The maximum absolute atomic E-state index is 12.2. The lowest BCUT2D eigenvalue weighted by Gasteiger charge is -2.15. The number of esters is 1. The summed E-state index contributed by atoms with van der Waals surface area (Å²) in [6.07, 6.45) is 2.63. The summed E-state index contributed by atoms with van der Waals surface area (Å²) in [4.78, 5) is 28.7. The lowest BCUT2D eigenvalue weighted by atomic mass is 9.97. The van der Waals surface area contributed by atoms with E-state index in [1.807, 2.05) is 48.5 Å². The molecule has 1 aromatic heterocycles. The van der Waals surface area contributed by atoms with E-state index in [1.54, 1.807) is 11.3 Å². The van der Waals surface area contributed by atoms with Crippen LogP contribution in [0.4, 0.5) is 5.69 Å². The predicted molar refractivity (Wildman–Crippen MR) is 117 cm³/mol. The number of thiazole rings is 1. The van der Waals surface area contributed by atoms with Crippen molar-refractivity contribution in [1.82, 2.24) is 4.98 Å². The fourth-order valence-corrected chi connectivity index (χ4v) is 4.08. The quantitative estimate of drug-likeness (QED) is 0.485. The lowest BCUT2D eigenvalue weighted by Crippen LogP contribution is -2.21. The van der Waals surface area contributed by atoms with Gasteiger partial charge in [-0.25, -0.2) is 4.98 Å². The van der Waals surface area contributed by atoms with Crippen molar-refractivity contribution in [2.45, 2.75) is 45.4 Å². The lowest BCUT2D eigenvalue weighted by molar-refractivity contribution is -0.147. The zero-order valence-electron chi connectivity index (χ0n) is 16.8. The molecular weight excluding hydrogens is 384 g/mol. The number of rotatable bonds is 9. The Labute approximate surface area is 175 Å². The van der Waals surface area contributed by atoms with Gasteiger partial charge in [0.2, 0.25) is 0 Å². The smallest absolute Gasteiger partial charge is 0.306 e. The molecule has 0 fully saturated rings. The fraction of sp³-hybridized carbons (Fsp3) is 0.348. The Hall–Kier alpha value is -2.73. The van der Waals surface area contributed by atoms with E-state index in [0.717, 1.165) is 39.3 Å². The molecule has 5 nitrogen and oxygen atoms in total. The Morgan fingerprint density at radius 2 is 1.90 bits per heavy atom. The van der Waals surface area contributed by atoms with Crippen molar-refractivity contribution in [1.29, 1.82) is 0 Å². The molecule has 0 bridgehead atoms. The monoisotopic (exact) mass is 410 g/mol. The Bertz CT molecular complexity index is 950. The predicted octanol–water partition coefficient (Wildman–Crippen LogP) is 5.31. The topological polar surface area (TPSA) is 68.3 Å². The Morgan fingerprint density at radius 3 is 2.69 bits per heavy atom. The van der Waals surface area contributed by atoms with Gasteiger partial charge < -0.3 is 10.1 Å². The zero-order valence-corrected chi connectivity index (χ0v) is 17.6. The molecule has 0 saturated heterocycles. The van der Waals surface area contributed by atoms with E-state index in [1.165, 1.54) is 0 Å². The molecule has 152 valence electrons. The van der Waals surface area contributed by atoms with Crippen LogP contribution in [0.2, 0.25) is 0 Å². The van der Waals surface area contributed by atoms with Crippen LogP contribution in [-0.2, 0) is 20.7 Å². The van der Waals surface area contributed by atoms with Gasteiger partial charge >= 0.3 is 5.97 Å². The van der Waals surface area contributed by atoms with Crippen LogP contribution in [0.5, 0.6) is 0 Å². The van der Waals surface area contributed by atoms with Crippen LogP contribution < -0.4 is 5.32 Å². The second-order valence-corrected chi connectivity index (χ2v) is 8.15. The number of carbonyl (C=O) groups is 2. The van der Waals surface area contributed by atoms with Crippen LogP contribution in [0.3, 0.4) is 0 Å². The molecule has 29 heavy (non-hydrogen) atoms. The van der Waals surface area contributed by atoms with Gasteiger partial charge in [0.05, 0.1) is 15.2 Å². The fourth-order valence-electron chi connectivity index (χ4n) is 3.08. The van der Waals surface area contributed by atoms with Crippen LogP contribution in [0.25, 0.3) is 10.2 Å². The number of aromatic nitrogens is 1. The number of nitrogens with one attached hydrogen (secondary N) is 1. The summed E-state index contributed by atoms with van der Waals surface area (Å²) < 4.78 is 6.28. The van der Waals surface area contributed by atoms with E-state index in [-0.39, 0.29) is 24.9 Å². The van der Waals surface area contributed by atoms with E-state index in [4.69, 9.17) is 4.74 Å². The number of hydrogen-bond donors (Lipinski definition) is 1. The normalized spacial score (nSPS) is 11.9. The average Bonchev–Trinajstić information content (AvgIpc) is 3.15. The highest BCUT2D eigenvalue weighted by Crippen LogP contribution is 2.26. The summed E-state index contributed by atoms with van der Waals surface area (Å²) in [5, 5.41) is 3.87. The number of amides is 1. The number of hydrogen-bond acceptors (Lipinski definition) is 5. The largest absolute Gasteiger partial charge is 0.456 e. The minimum absolute atomic E-state index is 0.269. The third-order valence-corrected chi connectivity index (χ3v) is 5.95. The first-order chi connectivity index (χ1) is 14.1. The average molecular weight is 411 g/mol. The molecule has 1 amide bonds. The summed E-state index contributed by atoms with van der Waals surface area (Å²) in [6.45, 7) is 3.96. The summed E-state index contributed by atoms with van der Waals surface area (Å²) in [6, 6.07) is 15.7. The molecule has 2 aromatic carbocycles. The van der Waals surface area contributed by atoms with Crippen molar-refractivity contribution >= 4 is 39.1 Å². The molecular formula is C23H26N2O3S. The summed E-state index contributed by atoms with van der Waals surface area (Å²) in [7, 11) is 0. The van der Waals surface area contributed by atoms with E-state index in [0.29, 0.717) is 12.3 Å². The van der Waals surface area contributed by atoms with Gasteiger partial charge in [0.15, 0.2) is 6.61 Å². The van der Waals surface area contributed by atoms with Crippen LogP contribution >= 0.6 is 11.3 Å². The highest BCUT2D eigenvalue weighted by atomic mass is 32.1. The standard InChI is InChI=1S/C23H26N2O3S/c1-3-16(2)17-9-4-5-10-18(17)24-21(26)15-28-23(27)14-8-13-22-25-19-11-6-7-12-20(19)29-22/h4-7,9-12,16H,3,8,13-15H2,1-2H3,(H,24,26)/t16-/m0/s1. The van der Waals surface area contributed by atoms with Crippen molar-refractivity contribution in [2.75, 3.05) is 11.9 Å². The van der Waals surface area contributed by atoms with E-state index < -0.39 is 0 Å². The van der Waals surface area contributed by atoms with Crippen molar-refractivity contribution in [3.63, 3.8) is 0 Å². The highest BCUT2D eigenvalue weighted by molar-refractivity contribution is 7.18. The van der Waals surface area contributed by atoms with Crippen LogP contribution in [0.1, 0.15) is 49.6 Å². The first kappa shape index (κ1) is 21.0. The van der Waals surface area contributed by atoms with E-state index in [9.17, 15) is 9.59 Å². The molecule has 0 aliphatic heterocycles.